The highest BCUT2D eigenvalue weighted by Gasteiger charge is 2.36. The summed E-state index contributed by atoms with van der Waals surface area (Å²) in [7, 11) is 0. The van der Waals surface area contributed by atoms with Gasteiger partial charge < -0.3 is 10.5 Å². The fourth-order valence-corrected chi connectivity index (χ4v) is 2.62. The van der Waals surface area contributed by atoms with Gasteiger partial charge in [-0.3, -0.25) is 0 Å². The molecular weight excluding hydrogens is 222 g/mol. The highest BCUT2D eigenvalue weighted by molar-refractivity contribution is 7.09. The van der Waals surface area contributed by atoms with Crippen LogP contribution in [0.5, 0.6) is 0 Å². The minimum Gasteiger partial charge on any atom is -0.379 e. The standard InChI is InChI=1S/C11H15N3OS/c1-10(2,6-12)9-14-8(5-16-9)11(13)3-4-15-7-11/h5H,3-4,7,13H2,1-2H3. The number of nitriles is 1. The quantitative estimate of drug-likeness (QED) is 0.846. The number of thiazole rings is 1. The monoisotopic (exact) mass is 237 g/mol. The summed E-state index contributed by atoms with van der Waals surface area (Å²) in [5, 5.41) is 11.8. The van der Waals surface area contributed by atoms with Crippen LogP contribution in [-0.4, -0.2) is 18.2 Å². The van der Waals surface area contributed by atoms with E-state index >= 15 is 0 Å². The van der Waals surface area contributed by atoms with Crippen molar-refractivity contribution in [2.75, 3.05) is 13.2 Å². The Hall–Kier alpha value is -0.960. The lowest BCUT2D eigenvalue weighted by Crippen LogP contribution is -2.37. The van der Waals surface area contributed by atoms with E-state index in [9.17, 15) is 0 Å². The molecule has 1 aliphatic rings. The SMILES string of the molecule is CC(C)(C#N)c1nc(C2(N)CCOC2)cs1. The number of nitrogens with zero attached hydrogens (tertiary/aromatic N) is 2. The van der Waals surface area contributed by atoms with Crippen molar-refractivity contribution in [1.82, 2.24) is 4.98 Å². The summed E-state index contributed by atoms with van der Waals surface area (Å²) in [5.74, 6) is 0. The first-order valence-corrected chi connectivity index (χ1v) is 6.10. The maximum Gasteiger partial charge on any atom is 0.113 e. The van der Waals surface area contributed by atoms with Crippen molar-refractivity contribution in [1.29, 1.82) is 5.26 Å². The van der Waals surface area contributed by atoms with Gasteiger partial charge in [-0.25, -0.2) is 4.98 Å². The molecule has 1 aromatic heterocycles. The normalized spacial score (nSPS) is 25.6. The van der Waals surface area contributed by atoms with Crippen LogP contribution in [0.2, 0.25) is 0 Å². The summed E-state index contributed by atoms with van der Waals surface area (Å²) in [5.41, 5.74) is 6.07. The maximum absolute atomic E-state index is 9.05. The van der Waals surface area contributed by atoms with Gasteiger partial charge in [0, 0.05) is 12.0 Å². The van der Waals surface area contributed by atoms with E-state index in [0.717, 1.165) is 17.1 Å². The van der Waals surface area contributed by atoms with E-state index in [1.165, 1.54) is 11.3 Å². The molecule has 0 aliphatic carbocycles. The molecule has 4 nitrogen and oxygen atoms in total. The minimum atomic E-state index is -0.543. The Morgan fingerprint density at radius 2 is 2.44 bits per heavy atom. The molecule has 1 fully saturated rings. The average Bonchev–Trinajstić information content (AvgIpc) is 2.86. The smallest absolute Gasteiger partial charge is 0.113 e. The molecule has 1 atom stereocenters. The molecule has 0 bridgehead atoms. The summed E-state index contributed by atoms with van der Waals surface area (Å²) in [6.45, 7) is 4.93. The zero-order valence-corrected chi connectivity index (χ0v) is 10.3. The lowest BCUT2D eigenvalue weighted by molar-refractivity contribution is 0.177. The van der Waals surface area contributed by atoms with E-state index in [1.54, 1.807) is 0 Å². The zero-order valence-electron chi connectivity index (χ0n) is 9.49. The summed E-state index contributed by atoms with van der Waals surface area (Å²) in [6, 6.07) is 2.25. The van der Waals surface area contributed by atoms with Gasteiger partial charge in [-0.05, 0) is 20.3 Å². The van der Waals surface area contributed by atoms with Crippen molar-refractivity contribution in [2.24, 2.45) is 5.73 Å². The van der Waals surface area contributed by atoms with Crippen LogP contribution in [0.4, 0.5) is 0 Å². The minimum absolute atomic E-state index is 0.458. The molecule has 0 aromatic carbocycles. The molecule has 2 heterocycles. The molecule has 1 unspecified atom stereocenters. The van der Waals surface area contributed by atoms with Crippen LogP contribution in [0.1, 0.15) is 31.0 Å². The second-order valence-electron chi connectivity index (χ2n) is 4.73. The van der Waals surface area contributed by atoms with Crippen LogP contribution in [0, 0.1) is 11.3 Å². The Morgan fingerprint density at radius 1 is 1.69 bits per heavy atom. The lowest BCUT2D eigenvalue weighted by atomic mass is 9.95. The summed E-state index contributed by atoms with van der Waals surface area (Å²) in [4.78, 5) is 4.50. The van der Waals surface area contributed by atoms with Gasteiger partial charge in [-0.15, -0.1) is 11.3 Å². The van der Waals surface area contributed by atoms with Crippen molar-refractivity contribution in [3.8, 4) is 6.07 Å². The largest absolute Gasteiger partial charge is 0.379 e. The average molecular weight is 237 g/mol. The van der Waals surface area contributed by atoms with E-state index in [0.29, 0.717) is 13.2 Å². The van der Waals surface area contributed by atoms with Gasteiger partial charge in [0.25, 0.3) is 0 Å². The van der Waals surface area contributed by atoms with Crippen molar-refractivity contribution in [2.45, 2.75) is 31.2 Å². The number of rotatable bonds is 2. The molecule has 0 amide bonds. The topological polar surface area (TPSA) is 71.9 Å². The highest BCUT2D eigenvalue weighted by Crippen LogP contribution is 2.32. The van der Waals surface area contributed by atoms with Crippen molar-refractivity contribution in [3.63, 3.8) is 0 Å². The van der Waals surface area contributed by atoms with Crippen LogP contribution in [0.15, 0.2) is 5.38 Å². The van der Waals surface area contributed by atoms with E-state index in [1.807, 2.05) is 19.2 Å². The third-order valence-electron chi connectivity index (χ3n) is 2.88. The molecule has 0 spiro atoms. The Balaban J connectivity index is 2.30. The Morgan fingerprint density at radius 3 is 3.00 bits per heavy atom. The van der Waals surface area contributed by atoms with Gasteiger partial charge in [-0.1, -0.05) is 0 Å². The molecule has 5 heteroatoms. The third-order valence-corrected chi connectivity index (χ3v) is 4.05. The zero-order chi connectivity index (χ0) is 11.8. The first-order valence-electron chi connectivity index (χ1n) is 5.22. The van der Waals surface area contributed by atoms with Crippen LogP contribution < -0.4 is 5.73 Å². The Labute approximate surface area is 99.1 Å². The predicted molar refractivity (Wildman–Crippen MR) is 62.1 cm³/mol. The molecule has 86 valence electrons. The molecule has 2 N–H and O–H groups in total. The van der Waals surface area contributed by atoms with E-state index in [-0.39, 0.29) is 0 Å². The Bertz CT molecular complexity index is 427. The number of nitrogens with two attached hydrogens (primary N) is 1. The van der Waals surface area contributed by atoms with Crippen LogP contribution in [0.25, 0.3) is 0 Å². The summed E-state index contributed by atoms with van der Waals surface area (Å²) >= 11 is 1.50. The lowest BCUT2D eigenvalue weighted by Gasteiger charge is -2.19. The maximum atomic E-state index is 9.05. The van der Waals surface area contributed by atoms with Gasteiger partial charge in [0.1, 0.15) is 10.4 Å². The van der Waals surface area contributed by atoms with Crippen LogP contribution >= 0.6 is 11.3 Å². The number of aromatic nitrogens is 1. The van der Waals surface area contributed by atoms with E-state index < -0.39 is 11.0 Å². The molecular formula is C11H15N3OS. The van der Waals surface area contributed by atoms with Crippen molar-refractivity contribution >= 4 is 11.3 Å². The number of ether oxygens (including phenoxy) is 1. The molecule has 1 saturated heterocycles. The van der Waals surface area contributed by atoms with E-state index in [4.69, 9.17) is 15.7 Å². The van der Waals surface area contributed by atoms with Crippen molar-refractivity contribution in [3.05, 3.63) is 16.1 Å². The molecule has 0 saturated carbocycles. The Kier molecular flexibility index (Phi) is 2.74. The second-order valence-corrected chi connectivity index (χ2v) is 5.59. The summed E-state index contributed by atoms with van der Waals surface area (Å²) < 4.78 is 5.31. The molecule has 1 aromatic rings. The van der Waals surface area contributed by atoms with Gasteiger partial charge >= 0.3 is 0 Å². The van der Waals surface area contributed by atoms with Crippen LogP contribution in [-0.2, 0) is 15.7 Å². The number of hydrogen-bond acceptors (Lipinski definition) is 5. The second kappa shape index (κ2) is 3.81. The molecule has 1 aliphatic heterocycles. The molecule has 16 heavy (non-hydrogen) atoms. The fraction of sp³-hybridized carbons (Fsp3) is 0.636. The third kappa shape index (κ3) is 1.84. The van der Waals surface area contributed by atoms with Gasteiger partial charge in [0.05, 0.1) is 23.9 Å². The first kappa shape index (κ1) is 11.5. The van der Waals surface area contributed by atoms with Gasteiger partial charge in [-0.2, -0.15) is 5.26 Å². The van der Waals surface area contributed by atoms with Gasteiger partial charge in [0.2, 0.25) is 0 Å². The summed E-state index contributed by atoms with van der Waals surface area (Å²) in [6.07, 6.45) is 0.795. The predicted octanol–water partition coefficient (Wildman–Crippen LogP) is 1.52. The molecule has 0 radical (unpaired) electrons. The fourth-order valence-electron chi connectivity index (χ4n) is 1.62. The van der Waals surface area contributed by atoms with Gasteiger partial charge in [0.15, 0.2) is 0 Å². The highest BCUT2D eigenvalue weighted by atomic mass is 32.1. The molecule has 2 rings (SSSR count). The van der Waals surface area contributed by atoms with Crippen molar-refractivity contribution < 1.29 is 4.74 Å². The van der Waals surface area contributed by atoms with Crippen LogP contribution in [0.3, 0.4) is 0 Å². The first-order chi connectivity index (χ1) is 7.48. The number of hydrogen-bond donors (Lipinski definition) is 1. The van der Waals surface area contributed by atoms with E-state index in [2.05, 4.69) is 11.1 Å².